The Bertz CT molecular complexity index is 1070. The molecule has 0 spiro atoms. The monoisotopic (exact) mass is 420 g/mol. The maximum absolute atomic E-state index is 12.4. The summed E-state index contributed by atoms with van der Waals surface area (Å²) in [6, 6.07) is 15.7. The highest BCUT2D eigenvalue weighted by atomic mass is 16.6. The maximum atomic E-state index is 12.4. The lowest BCUT2D eigenvalue weighted by Gasteiger charge is -2.15. The molecule has 0 aliphatic heterocycles. The molecule has 158 valence electrons. The van der Waals surface area contributed by atoms with Crippen molar-refractivity contribution in [3.05, 3.63) is 99.9 Å². The van der Waals surface area contributed by atoms with Gasteiger partial charge in [-0.3, -0.25) is 19.9 Å². The summed E-state index contributed by atoms with van der Waals surface area (Å²) in [4.78, 5) is 39.4. The van der Waals surface area contributed by atoms with Crippen LogP contribution in [0.25, 0.3) is 0 Å². The van der Waals surface area contributed by atoms with Crippen molar-refractivity contribution in [2.75, 3.05) is 5.32 Å². The molecule has 0 bridgehead atoms. The van der Waals surface area contributed by atoms with Crippen LogP contribution in [0.5, 0.6) is 0 Å². The Morgan fingerprint density at radius 3 is 2.48 bits per heavy atom. The normalized spacial score (nSPS) is 11.3. The molecule has 2 amide bonds. The summed E-state index contributed by atoms with van der Waals surface area (Å²) in [5, 5.41) is 16.8. The van der Waals surface area contributed by atoms with Gasteiger partial charge in [-0.2, -0.15) is 0 Å². The third-order valence-electron chi connectivity index (χ3n) is 4.44. The fraction of sp³-hybridized carbons (Fsp3) is 0.136. The zero-order valence-corrected chi connectivity index (χ0v) is 16.6. The highest BCUT2D eigenvalue weighted by Crippen LogP contribution is 2.27. The summed E-state index contributed by atoms with van der Waals surface area (Å²) < 4.78 is 5.16. The van der Waals surface area contributed by atoms with E-state index in [1.54, 1.807) is 19.1 Å². The Kier molecular flexibility index (Phi) is 6.89. The number of nitrogens with one attached hydrogen (secondary N) is 2. The zero-order chi connectivity index (χ0) is 22.2. The Balaban J connectivity index is 1.69. The van der Waals surface area contributed by atoms with Gasteiger partial charge >= 0.3 is 6.09 Å². The second-order valence-corrected chi connectivity index (χ2v) is 6.65. The lowest BCUT2D eigenvalue weighted by molar-refractivity contribution is -0.385. The van der Waals surface area contributed by atoms with Crippen molar-refractivity contribution in [2.45, 2.75) is 19.6 Å². The van der Waals surface area contributed by atoms with Gasteiger partial charge in [-0.1, -0.05) is 30.3 Å². The first-order valence-electron chi connectivity index (χ1n) is 9.41. The predicted molar refractivity (Wildman–Crippen MR) is 113 cm³/mol. The molecule has 9 heteroatoms. The molecule has 3 rings (SSSR count). The summed E-state index contributed by atoms with van der Waals surface area (Å²) in [6.07, 6.45) is 2.33. The summed E-state index contributed by atoms with van der Waals surface area (Å²) in [7, 11) is 0. The number of hydrogen-bond donors (Lipinski definition) is 2. The number of rotatable bonds is 7. The molecule has 0 radical (unpaired) electrons. The molecule has 0 aliphatic carbocycles. The van der Waals surface area contributed by atoms with Crippen LogP contribution < -0.4 is 10.6 Å². The van der Waals surface area contributed by atoms with Crippen molar-refractivity contribution in [2.24, 2.45) is 0 Å². The first kappa shape index (κ1) is 21.4. The van der Waals surface area contributed by atoms with Gasteiger partial charge in [0.05, 0.1) is 16.5 Å². The van der Waals surface area contributed by atoms with Crippen LogP contribution in [0.2, 0.25) is 0 Å². The molecule has 1 aromatic heterocycles. The first-order valence-corrected chi connectivity index (χ1v) is 9.41. The number of aromatic nitrogens is 1. The number of nitrogens with zero attached hydrogens (tertiary/aromatic N) is 2. The fourth-order valence-corrected chi connectivity index (χ4v) is 2.87. The van der Waals surface area contributed by atoms with Crippen LogP contribution in [0, 0.1) is 10.1 Å². The number of ether oxygens (including phenoxy) is 1. The van der Waals surface area contributed by atoms with E-state index in [4.69, 9.17) is 4.74 Å². The molecule has 0 aliphatic rings. The smallest absolute Gasteiger partial charge is 0.407 e. The predicted octanol–water partition coefficient (Wildman–Crippen LogP) is 4.23. The number of hydrogen-bond acceptors (Lipinski definition) is 6. The zero-order valence-electron chi connectivity index (χ0n) is 16.6. The standard InChI is InChI=1S/C22H20N4O5/c1-15(24-22(28)31-14-16-5-3-2-4-6-16)19-8-7-17(13-20(19)26(29)30)21(27)25-18-9-11-23-12-10-18/h2-13,15H,14H2,1H3,(H,24,28)(H,23,25,27). The van der Waals surface area contributed by atoms with Crippen molar-refractivity contribution in [1.82, 2.24) is 10.3 Å². The molecule has 0 saturated carbocycles. The lowest BCUT2D eigenvalue weighted by atomic mass is 10.0. The number of nitro benzene ring substituents is 1. The van der Waals surface area contributed by atoms with E-state index in [1.165, 1.54) is 30.6 Å². The van der Waals surface area contributed by atoms with Gasteiger partial charge in [0, 0.05) is 29.7 Å². The molecule has 1 heterocycles. The van der Waals surface area contributed by atoms with Crippen molar-refractivity contribution in [3.63, 3.8) is 0 Å². The molecule has 1 unspecified atom stereocenters. The lowest BCUT2D eigenvalue weighted by Crippen LogP contribution is -2.28. The topological polar surface area (TPSA) is 123 Å². The van der Waals surface area contributed by atoms with E-state index in [0.29, 0.717) is 5.69 Å². The van der Waals surface area contributed by atoms with Gasteiger partial charge < -0.3 is 15.4 Å². The number of amides is 2. The van der Waals surface area contributed by atoms with E-state index in [0.717, 1.165) is 5.56 Å². The molecule has 31 heavy (non-hydrogen) atoms. The van der Waals surface area contributed by atoms with E-state index in [9.17, 15) is 19.7 Å². The number of benzene rings is 2. The average molecular weight is 420 g/mol. The van der Waals surface area contributed by atoms with E-state index in [-0.39, 0.29) is 23.4 Å². The minimum Gasteiger partial charge on any atom is -0.445 e. The molecule has 1 atom stereocenters. The third-order valence-corrected chi connectivity index (χ3v) is 4.44. The fourth-order valence-electron chi connectivity index (χ4n) is 2.87. The minimum absolute atomic E-state index is 0.0790. The molecule has 9 nitrogen and oxygen atoms in total. The molecule has 2 N–H and O–H groups in total. The van der Waals surface area contributed by atoms with E-state index in [1.807, 2.05) is 30.3 Å². The number of nitro groups is 1. The van der Waals surface area contributed by atoms with Gasteiger partial charge in [-0.25, -0.2) is 4.79 Å². The number of carbonyl (C=O) groups is 2. The second-order valence-electron chi connectivity index (χ2n) is 6.65. The van der Waals surface area contributed by atoms with Gasteiger partial charge in [0.1, 0.15) is 6.61 Å². The maximum Gasteiger partial charge on any atom is 0.407 e. The van der Waals surface area contributed by atoms with E-state index in [2.05, 4.69) is 15.6 Å². The largest absolute Gasteiger partial charge is 0.445 e. The molecule has 0 saturated heterocycles. The van der Waals surface area contributed by atoms with Crippen molar-refractivity contribution < 1.29 is 19.2 Å². The Labute approximate surface area is 178 Å². The SMILES string of the molecule is CC(NC(=O)OCc1ccccc1)c1ccc(C(=O)Nc2ccncc2)cc1[N+](=O)[O-]. The van der Waals surface area contributed by atoms with Crippen LogP contribution in [0.1, 0.15) is 34.5 Å². The first-order chi connectivity index (χ1) is 14.9. The summed E-state index contributed by atoms with van der Waals surface area (Å²) in [5.41, 5.74) is 1.43. The number of pyridine rings is 1. The van der Waals surface area contributed by atoms with Crippen LogP contribution in [0.4, 0.5) is 16.2 Å². The van der Waals surface area contributed by atoms with Crippen molar-refractivity contribution in [1.29, 1.82) is 0 Å². The van der Waals surface area contributed by atoms with Crippen LogP contribution in [0.3, 0.4) is 0 Å². The quantitative estimate of drug-likeness (QED) is 0.435. The number of alkyl carbamates (subject to hydrolysis) is 1. The van der Waals surface area contributed by atoms with E-state index >= 15 is 0 Å². The van der Waals surface area contributed by atoms with Crippen LogP contribution in [0.15, 0.2) is 73.1 Å². The molecule has 2 aromatic carbocycles. The summed E-state index contributed by atoms with van der Waals surface area (Å²) in [6.45, 7) is 1.68. The molecular weight excluding hydrogens is 400 g/mol. The molecular formula is C22H20N4O5. The van der Waals surface area contributed by atoms with Gasteiger partial charge in [-0.05, 0) is 36.8 Å². The van der Waals surface area contributed by atoms with Gasteiger partial charge in [0.2, 0.25) is 0 Å². The number of anilines is 1. The van der Waals surface area contributed by atoms with Gasteiger partial charge in [0.15, 0.2) is 0 Å². The number of carbonyl (C=O) groups excluding carboxylic acids is 2. The Hall–Kier alpha value is -4.27. The second kappa shape index (κ2) is 9.97. The van der Waals surface area contributed by atoms with Crippen LogP contribution in [-0.2, 0) is 11.3 Å². The molecule has 3 aromatic rings. The van der Waals surface area contributed by atoms with Crippen molar-refractivity contribution in [3.8, 4) is 0 Å². The highest BCUT2D eigenvalue weighted by molar-refractivity contribution is 6.04. The van der Waals surface area contributed by atoms with Crippen LogP contribution >= 0.6 is 0 Å². The third kappa shape index (κ3) is 5.86. The van der Waals surface area contributed by atoms with Gasteiger partial charge in [0.25, 0.3) is 11.6 Å². The van der Waals surface area contributed by atoms with Gasteiger partial charge in [-0.15, -0.1) is 0 Å². The summed E-state index contributed by atoms with van der Waals surface area (Å²) >= 11 is 0. The van der Waals surface area contributed by atoms with Crippen molar-refractivity contribution >= 4 is 23.4 Å². The Morgan fingerprint density at radius 2 is 1.81 bits per heavy atom. The molecule has 0 fully saturated rings. The Morgan fingerprint density at radius 1 is 1.10 bits per heavy atom. The van der Waals surface area contributed by atoms with E-state index < -0.39 is 23.0 Å². The average Bonchev–Trinajstić information content (AvgIpc) is 2.78. The highest BCUT2D eigenvalue weighted by Gasteiger charge is 2.23. The minimum atomic E-state index is -0.707. The van der Waals surface area contributed by atoms with Crippen LogP contribution in [-0.4, -0.2) is 21.9 Å². The summed E-state index contributed by atoms with van der Waals surface area (Å²) in [5.74, 6) is -0.497.